The van der Waals surface area contributed by atoms with Crippen LogP contribution in [0.5, 0.6) is 5.75 Å². The Hall–Kier alpha value is -0.740. The fraction of sp³-hybridized carbons (Fsp3) is 0.364. The van der Waals surface area contributed by atoms with Gasteiger partial charge in [-0.2, -0.15) is 0 Å². The molecule has 0 radical (unpaired) electrons. The number of likely N-dealkylation sites (N-methyl/N-ethyl adjacent to an activating group) is 1. The number of carbonyl (C=O) groups excluding carboxylic acids is 1. The number of hydrogen-bond donors (Lipinski definition) is 1. The van der Waals surface area contributed by atoms with Crippen molar-refractivity contribution < 1.29 is 9.53 Å². The first-order chi connectivity index (χ1) is 7.56. The van der Waals surface area contributed by atoms with Crippen LogP contribution >= 0.6 is 27.5 Å². The minimum Gasteiger partial charge on any atom is -0.480 e. The topological polar surface area (TPSA) is 38.3 Å². The number of ether oxygens (including phenoxy) is 1. The molecule has 0 saturated heterocycles. The lowest BCUT2D eigenvalue weighted by molar-refractivity contribution is -0.127. The highest BCUT2D eigenvalue weighted by atomic mass is 79.9. The summed E-state index contributed by atoms with van der Waals surface area (Å²) in [6, 6.07) is 5.27. The number of hydrogen-bond acceptors (Lipinski definition) is 2. The zero-order chi connectivity index (χ0) is 12.1. The first-order valence-corrected chi connectivity index (χ1v) is 6.11. The Morgan fingerprint density at radius 1 is 1.62 bits per heavy atom. The van der Waals surface area contributed by atoms with Crippen molar-refractivity contribution in [1.29, 1.82) is 0 Å². The van der Waals surface area contributed by atoms with Gasteiger partial charge in [-0.15, -0.1) is 0 Å². The normalized spacial score (nSPS) is 12.0. The summed E-state index contributed by atoms with van der Waals surface area (Å²) in [6.07, 6.45) is -0.547. The van der Waals surface area contributed by atoms with E-state index in [1.54, 1.807) is 25.1 Å². The summed E-state index contributed by atoms with van der Waals surface area (Å²) in [7, 11) is 0. The van der Waals surface area contributed by atoms with Crippen molar-refractivity contribution in [3.05, 3.63) is 27.7 Å². The van der Waals surface area contributed by atoms with Crippen molar-refractivity contribution in [3.63, 3.8) is 0 Å². The average molecular weight is 307 g/mol. The third-order valence-corrected chi connectivity index (χ3v) is 3.30. The molecule has 16 heavy (non-hydrogen) atoms. The first kappa shape index (κ1) is 13.3. The molecule has 1 atom stereocenters. The van der Waals surface area contributed by atoms with E-state index in [1.807, 2.05) is 6.92 Å². The maximum atomic E-state index is 11.5. The predicted molar refractivity (Wildman–Crippen MR) is 67.9 cm³/mol. The number of benzene rings is 1. The fourth-order valence-electron chi connectivity index (χ4n) is 1.14. The van der Waals surface area contributed by atoms with Gasteiger partial charge >= 0.3 is 0 Å². The van der Waals surface area contributed by atoms with E-state index in [0.29, 0.717) is 21.8 Å². The van der Waals surface area contributed by atoms with E-state index in [9.17, 15) is 4.79 Å². The molecule has 88 valence electrons. The van der Waals surface area contributed by atoms with Crippen LogP contribution in [0.15, 0.2) is 22.7 Å². The Morgan fingerprint density at radius 3 is 2.94 bits per heavy atom. The molecule has 1 aromatic rings. The molecular formula is C11H13BrClNO2. The van der Waals surface area contributed by atoms with Crippen LogP contribution in [0.3, 0.4) is 0 Å². The second-order valence-electron chi connectivity index (χ2n) is 3.21. The number of carbonyl (C=O) groups is 1. The molecule has 0 heterocycles. The zero-order valence-electron chi connectivity index (χ0n) is 9.09. The van der Waals surface area contributed by atoms with Crippen LogP contribution in [0.1, 0.15) is 13.8 Å². The highest BCUT2D eigenvalue weighted by Gasteiger charge is 2.15. The smallest absolute Gasteiger partial charge is 0.260 e. The minimum absolute atomic E-state index is 0.144. The molecule has 0 fully saturated rings. The fourth-order valence-corrected chi connectivity index (χ4v) is 1.66. The monoisotopic (exact) mass is 305 g/mol. The second kappa shape index (κ2) is 6.11. The van der Waals surface area contributed by atoms with Crippen LogP contribution in [0, 0.1) is 0 Å². The summed E-state index contributed by atoms with van der Waals surface area (Å²) in [5, 5.41) is 3.24. The molecule has 0 aliphatic heterocycles. The highest BCUT2D eigenvalue weighted by molar-refractivity contribution is 9.10. The van der Waals surface area contributed by atoms with Gasteiger partial charge in [0.25, 0.3) is 5.91 Å². The van der Waals surface area contributed by atoms with Gasteiger partial charge in [-0.1, -0.05) is 17.7 Å². The second-order valence-corrected chi connectivity index (χ2v) is 4.41. The molecule has 1 aromatic carbocycles. The molecule has 1 unspecified atom stereocenters. The lowest BCUT2D eigenvalue weighted by atomic mass is 10.3. The summed E-state index contributed by atoms with van der Waals surface area (Å²) in [5.74, 6) is 0.417. The summed E-state index contributed by atoms with van der Waals surface area (Å²) < 4.78 is 6.16. The predicted octanol–water partition coefficient (Wildman–Crippen LogP) is 3.01. The number of amides is 1. The SMILES string of the molecule is CCNC(=O)C(C)Oc1cccc(Cl)c1Br. The summed E-state index contributed by atoms with van der Waals surface area (Å²) in [5.41, 5.74) is 0. The lowest BCUT2D eigenvalue weighted by Crippen LogP contribution is -2.36. The maximum Gasteiger partial charge on any atom is 0.260 e. The molecule has 1 amide bonds. The van der Waals surface area contributed by atoms with Crippen LogP contribution in [-0.2, 0) is 4.79 Å². The molecule has 0 bridgehead atoms. The Kier molecular flexibility index (Phi) is 5.09. The number of nitrogens with one attached hydrogen (secondary N) is 1. The van der Waals surface area contributed by atoms with E-state index in [4.69, 9.17) is 16.3 Å². The Labute approximate surface area is 108 Å². The zero-order valence-corrected chi connectivity index (χ0v) is 11.4. The highest BCUT2D eigenvalue weighted by Crippen LogP contribution is 2.32. The Bertz CT molecular complexity index is 384. The third-order valence-electron chi connectivity index (χ3n) is 1.94. The Morgan fingerprint density at radius 2 is 2.31 bits per heavy atom. The maximum absolute atomic E-state index is 11.5. The van der Waals surface area contributed by atoms with Gasteiger partial charge in [0.15, 0.2) is 6.10 Å². The van der Waals surface area contributed by atoms with Gasteiger partial charge in [-0.3, -0.25) is 4.79 Å². The molecule has 5 heteroatoms. The van der Waals surface area contributed by atoms with Crippen LogP contribution in [0.25, 0.3) is 0 Å². The molecule has 0 aliphatic rings. The van der Waals surface area contributed by atoms with Crippen molar-refractivity contribution in [2.24, 2.45) is 0 Å². The van der Waals surface area contributed by atoms with Crippen molar-refractivity contribution in [2.75, 3.05) is 6.54 Å². The van der Waals surface area contributed by atoms with Crippen molar-refractivity contribution in [3.8, 4) is 5.75 Å². The van der Waals surface area contributed by atoms with Gasteiger partial charge in [-0.05, 0) is 41.9 Å². The van der Waals surface area contributed by atoms with Crippen molar-refractivity contribution in [1.82, 2.24) is 5.32 Å². The van der Waals surface area contributed by atoms with Gasteiger partial charge in [0.2, 0.25) is 0 Å². The van der Waals surface area contributed by atoms with Crippen LogP contribution < -0.4 is 10.1 Å². The standard InChI is InChI=1S/C11H13BrClNO2/c1-3-14-11(15)7(2)16-9-6-4-5-8(13)10(9)12/h4-7H,3H2,1-2H3,(H,14,15). The number of halogens is 2. The van der Waals surface area contributed by atoms with Crippen LogP contribution in [-0.4, -0.2) is 18.6 Å². The molecule has 0 aromatic heterocycles. The molecule has 0 spiro atoms. The van der Waals surface area contributed by atoms with E-state index in [2.05, 4.69) is 21.2 Å². The van der Waals surface area contributed by atoms with Gasteiger partial charge < -0.3 is 10.1 Å². The first-order valence-electron chi connectivity index (χ1n) is 4.94. The Balaban J connectivity index is 2.73. The van der Waals surface area contributed by atoms with Crippen LogP contribution in [0.4, 0.5) is 0 Å². The number of rotatable bonds is 4. The third kappa shape index (κ3) is 3.39. The van der Waals surface area contributed by atoms with Gasteiger partial charge in [0, 0.05) is 6.54 Å². The minimum atomic E-state index is -0.547. The van der Waals surface area contributed by atoms with Crippen LogP contribution in [0.2, 0.25) is 5.02 Å². The van der Waals surface area contributed by atoms with Gasteiger partial charge in [0.05, 0.1) is 9.50 Å². The van der Waals surface area contributed by atoms with E-state index in [-0.39, 0.29) is 5.91 Å². The van der Waals surface area contributed by atoms with E-state index in [1.165, 1.54) is 0 Å². The van der Waals surface area contributed by atoms with E-state index >= 15 is 0 Å². The molecular weight excluding hydrogens is 293 g/mol. The molecule has 0 aliphatic carbocycles. The lowest BCUT2D eigenvalue weighted by Gasteiger charge is -2.15. The van der Waals surface area contributed by atoms with Crippen molar-refractivity contribution >= 4 is 33.4 Å². The quantitative estimate of drug-likeness (QED) is 0.928. The summed E-state index contributed by atoms with van der Waals surface area (Å²) in [6.45, 7) is 4.14. The van der Waals surface area contributed by atoms with Gasteiger partial charge in [-0.25, -0.2) is 0 Å². The molecule has 1 N–H and O–H groups in total. The molecule has 1 rings (SSSR count). The largest absolute Gasteiger partial charge is 0.480 e. The van der Waals surface area contributed by atoms with Gasteiger partial charge in [0.1, 0.15) is 5.75 Å². The molecule has 3 nitrogen and oxygen atoms in total. The average Bonchev–Trinajstić information content (AvgIpc) is 2.25. The summed E-state index contributed by atoms with van der Waals surface area (Å²) >= 11 is 9.22. The van der Waals surface area contributed by atoms with E-state index in [0.717, 1.165) is 0 Å². The van der Waals surface area contributed by atoms with Crippen molar-refractivity contribution in [2.45, 2.75) is 20.0 Å². The van der Waals surface area contributed by atoms with E-state index < -0.39 is 6.10 Å². The molecule has 0 saturated carbocycles. The summed E-state index contributed by atoms with van der Waals surface area (Å²) in [4.78, 5) is 11.5.